The fraction of sp³-hybridized carbons (Fsp3) is 0.455. The van der Waals surface area contributed by atoms with Crippen molar-refractivity contribution in [1.29, 1.82) is 0 Å². The third-order valence-corrected chi connectivity index (χ3v) is 2.96. The summed E-state index contributed by atoms with van der Waals surface area (Å²) < 4.78 is 13.4. The maximum absolute atomic E-state index is 13.4. The molecule has 1 atom stereocenters. The molecule has 0 saturated heterocycles. The number of fused-ring (bicyclic) bond motifs is 1. The Hall–Kier alpha value is -0.890. The van der Waals surface area contributed by atoms with Crippen LogP contribution in [0.15, 0.2) is 18.2 Å². The van der Waals surface area contributed by atoms with Crippen LogP contribution in [-0.4, -0.2) is 0 Å². The molecule has 0 amide bonds. The molecule has 2 rings (SSSR count). The van der Waals surface area contributed by atoms with Gasteiger partial charge < -0.3 is 5.73 Å². The Balaban J connectivity index is 2.56. The van der Waals surface area contributed by atoms with Gasteiger partial charge in [0.25, 0.3) is 0 Å². The van der Waals surface area contributed by atoms with Crippen LogP contribution in [0.3, 0.4) is 0 Å². The van der Waals surface area contributed by atoms with Gasteiger partial charge in [0.15, 0.2) is 0 Å². The maximum atomic E-state index is 13.4. The molecule has 2 N–H and O–H groups in total. The van der Waals surface area contributed by atoms with Crippen LogP contribution in [0.5, 0.6) is 0 Å². The largest absolute Gasteiger partial charge is 0.323 e. The second-order valence-electron chi connectivity index (χ2n) is 4.45. The Kier molecular flexibility index (Phi) is 1.70. The van der Waals surface area contributed by atoms with Crippen LogP contribution < -0.4 is 5.73 Å². The maximum Gasteiger partial charge on any atom is 0.126 e. The van der Waals surface area contributed by atoms with Crippen LogP contribution >= 0.6 is 0 Å². The second-order valence-corrected chi connectivity index (χ2v) is 4.45. The van der Waals surface area contributed by atoms with Crippen molar-refractivity contribution in [1.82, 2.24) is 0 Å². The Morgan fingerprint density at radius 1 is 1.46 bits per heavy atom. The zero-order valence-electron chi connectivity index (χ0n) is 7.97. The van der Waals surface area contributed by atoms with E-state index in [4.69, 9.17) is 5.73 Å². The Morgan fingerprint density at radius 3 is 2.77 bits per heavy atom. The van der Waals surface area contributed by atoms with Crippen molar-refractivity contribution in [2.45, 2.75) is 26.3 Å². The van der Waals surface area contributed by atoms with Gasteiger partial charge in [-0.3, -0.25) is 0 Å². The van der Waals surface area contributed by atoms with E-state index >= 15 is 0 Å². The van der Waals surface area contributed by atoms with Gasteiger partial charge in [0, 0.05) is 6.04 Å². The van der Waals surface area contributed by atoms with Gasteiger partial charge in [-0.1, -0.05) is 26.0 Å². The van der Waals surface area contributed by atoms with Crippen molar-refractivity contribution in [2.75, 3.05) is 0 Å². The molecular weight excluding hydrogens is 165 g/mol. The van der Waals surface area contributed by atoms with Crippen molar-refractivity contribution in [3.05, 3.63) is 35.1 Å². The van der Waals surface area contributed by atoms with Crippen LogP contribution in [0.2, 0.25) is 0 Å². The minimum absolute atomic E-state index is 0.00940. The van der Waals surface area contributed by atoms with Gasteiger partial charge in [-0.2, -0.15) is 0 Å². The first-order valence-electron chi connectivity index (χ1n) is 4.55. The topological polar surface area (TPSA) is 26.0 Å². The number of rotatable bonds is 0. The van der Waals surface area contributed by atoms with Crippen LogP contribution in [0.25, 0.3) is 0 Å². The molecule has 0 aromatic heterocycles. The third-order valence-electron chi connectivity index (χ3n) is 2.96. The zero-order chi connectivity index (χ0) is 9.64. The van der Waals surface area contributed by atoms with Gasteiger partial charge in [0.05, 0.1) is 0 Å². The molecule has 1 aromatic rings. The highest BCUT2D eigenvalue weighted by Crippen LogP contribution is 2.44. The van der Waals surface area contributed by atoms with Gasteiger partial charge >= 0.3 is 0 Å². The first kappa shape index (κ1) is 8.70. The lowest BCUT2D eigenvalue weighted by atomic mass is 9.86. The Bertz CT molecular complexity index is 344. The van der Waals surface area contributed by atoms with Crippen LogP contribution in [0.1, 0.15) is 31.0 Å². The highest BCUT2D eigenvalue weighted by Gasteiger charge is 2.37. The Morgan fingerprint density at radius 2 is 2.15 bits per heavy atom. The molecule has 1 aromatic carbocycles. The van der Waals surface area contributed by atoms with Crippen molar-refractivity contribution in [3.63, 3.8) is 0 Å². The van der Waals surface area contributed by atoms with Crippen molar-refractivity contribution in [2.24, 2.45) is 11.1 Å². The molecule has 0 radical (unpaired) electrons. The SMILES string of the molecule is CC1(C)Cc2c(F)cccc2C1N. The van der Waals surface area contributed by atoms with E-state index in [1.165, 1.54) is 6.07 Å². The quantitative estimate of drug-likeness (QED) is 0.650. The lowest BCUT2D eigenvalue weighted by Gasteiger charge is -2.23. The summed E-state index contributed by atoms with van der Waals surface area (Å²) in [6.45, 7) is 4.16. The number of benzene rings is 1. The number of hydrogen-bond acceptors (Lipinski definition) is 1. The molecule has 0 spiro atoms. The highest BCUT2D eigenvalue weighted by molar-refractivity contribution is 5.38. The first-order chi connectivity index (χ1) is 6.02. The van der Waals surface area contributed by atoms with Gasteiger partial charge in [-0.25, -0.2) is 4.39 Å². The van der Waals surface area contributed by atoms with Crippen molar-refractivity contribution < 1.29 is 4.39 Å². The van der Waals surface area contributed by atoms with E-state index in [1.807, 2.05) is 6.07 Å². The summed E-state index contributed by atoms with van der Waals surface area (Å²) >= 11 is 0. The number of halogens is 1. The Labute approximate surface area is 77.8 Å². The summed E-state index contributed by atoms with van der Waals surface area (Å²) in [4.78, 5) is 0. The fourth-order valence-electron chi connectivity index (χ4n) is 2.04. The molecule has 1 nitrogen and oxygen atoms in total. The lowest BCUT2D eigenvalue weighted by Crippen LogP contribution is -2.24. The highest BCUT2D eigenvalue weighted by atomic mass is 19.1. The molecule has 0 fully saturated rings. The van der Waals surface area contributed by atoms with E-state index in [0.29, 0.717) is 0 Å². The normalized spacial score (nSPS) is 24.5. The van der Waals surface area contributed by atoms with E-state index in [-0.39, 0.29) is 17.3 Å². The van der Waals surface area contributed by atoms with Gasteiger partial charge in [0.2, 0.25) is 0 Å². The molecule has 2 heteroatoms. The molecule has 0 saturated carbocycles. The van der Waals surface area contributed by atoms with E-state index < -0.39 is 0 Å². The minimum Gasteiger partial charge on any atom is -0.323 e. The number of nitrogens with two attached hydrogens (primary N) is 1. The predicted octanol–water partition coefficient (Wildman–Crippen LogP) is 2.41. The summed E-state index contributed by atoms with van der Waals surface area (Å²) in [6.07, 6.45) is 0.746. The van der Waals surface area contributed by atoms with E-state index in [1.54, 1.807) is 6.07 Å². The predicted molar refractivity (Wildman–Crippen MR) is 50.8 cm³/mol. The molecule has 1 aliphatic carbocycles. The molecule has 1 unspecified atom stereocenters. The van der Waals surface area contributed by atoms with Gasteiger partial charge in [-0.15, -0.1) is 0 Å². The molecule has 0 aliphatic heterocycles. The molecule has 13 heavy (non-hydrogen) atoms. The minimum atomic E-state index is -0.112. The second kappa shape index (κ2) is 2.55. The first-order valence-corrected chi connectivity index (χ1v) is 4.55. The van der Waals surface area contributed by atoms with E-state index in [0.717, 1.165) is 17.5 Å². The molecule has 70 valence electrons. The summed E-state index contributed by atoms with van der Waals surface area (Å²) in [5.41, 5.74) is 7.80. The zero-order valence-corrected chi connectivity index (χ0v) is 7.97. The monoisotopic (exact) mass is 179 g/mol. The molecule has 1 aliphatic rings. The summed E-state index contributed by atoms with van der Waals surface area (Å²) in [6, 6.07) is 5.14. The van der Waals surface area contributed by atoms with Gasteiger partial charge in [-0.05, 0) is 29.0 Å². The van der Waals surface area contributed by atoms with Crippen LogP contribution in [-0.2, 0) is 6.42 Å². The average Bonchev–Trinajstić information content (AvgIpc) is 2.28. The molecule has 0 bridgehead atoms. The van der Waals surface area contributed by atoms with E-state index in [2.05, 4.69) is 13.8 Å². The van der Waals surface area contributed by atoms with Crippen molar-refractivity contribution in [3.8, 4) is 0 Å². The molecular formula is C11H14FN. The average molecular weight is 179 g/mol. The lowest BCUT2D eigenvalue weighted by molar-refractivity contribution is 0.317. The third kappa shape index (κ3) is 1.17. The summed E-state index contributed by atoms with van der Waals surface area (Å²) in [5, 5.41) is 0. The summed E-state index contributed by atoms with van der Waals surface area (Å²) in [5.74, 6) is -0.112. The summed E-state index contributed by atoms with van der Waals surface area (Å²) in [7, 11) is 0. The fourth-order valence-corrected chi connectivity index (χ4v) is 2.04. The van der Waals surface area contributed by atoms with E-state index in [9.17, 15) is 4.39 Å². The van der Waals surface area contributed by atoms with Crippen molar-refractivity contribution >= 4 is 0 Å². The van der Waals surface area contributed by atoms with Gasteiger partial charge in [0.1, 0.15) is 5.82 Å². The van der Waals surface area contributed by atoms with Crippen LogP contribution in [0, 0.1) is 11.2 Å². The standard InChI is InChI=1S/C11H14FN/c1-11(2)6-8-7(10(11)13)4-3-5-9(8)12/h3-5,10H,6,13H2,1-2H3. The smallest absolute Gasteiger partial charge is 0.126 e. The molecule has 0 heterocycles. The van der Waals surface area contributed by atoms with Crippen LogP contribution in [0.4, 0.5) is 4.39 Å². The number of hydrogen-bond donors (Lipinski definition) is 1.